The molecule has 2 aliphatic rings. The molecular formula is C14H17NO3S. The highest BCUT2D eigenvalue weighted by Gasteiger charge is 2.30. The van der Waals surface area contributed by atoms with E-state index in [1.165, 1.54) is 0 Å². The molecule has 0 atom stereocenters. The van der Waals surface area contributed by atoms with Crippen molar-refractivity contribution in [1.29, 1.82) is 0 Å². The lowest BCUT2D eigenvalue weighted by molar-refractivity contribution is 0.0430. The highest BCUT2D eigenvalue weighted by Crippen LogP contribution is 2.33. The van der Waals surface area contributed by atoms with E-state index in [0.29, 0.717) is 29.6 Å². The van der Waals surface area contributed by atoms with Crippen LogP contribution in [0, 0.1) is 6.92 Å². The molecule has 5 heteroatoms. The van der Waals surface area contributed by atoms with Crippen LogP contribution in [0.15, 0.2) is 28.0 Å². The van der Waals surface area contributed by atoms with Crippen molar-refractivity contribution in [1.82, 2.24) is 4.90 Å². The number of benzene rings is 1. The van der Waals surface area contributed by atoms with Crippen molar-refractivity contribution in [2.75, 3.05) is 32.8 Å². The third-order valence-electron chi connectivity index (χ3n) is 3.60. The first-order chi connectivity index (χ1) is 9.07. The lowest BCUT2D eigenvalue weighted by atomic mass is 10.1. The average molecular weight is 279 g/mol. The Labute approximate surface area is 113 Å². The Balaban J connectivity index is 1.88. The second kappa shape index (κ2) is 4.74. The molecule has 0 amide bonds. The summed E-state index contributed by atoms with van der Waals surface area (Å²) in [7, 11) is -3.29. The van der Waals surface area contributed by atoms with E-state index in [2.05, 4.69) is 4.90 Å². The number of fused-ring (bicyclic) bond motifs is 1. The molecule has 19 heavy (non-hydrogen) atoms. The van der Waals surface area contributed by atoms with Crippen molar-refractivity contribution in [3.63, 3.8) is 0 Å². The Morgan fingerprint density at radius 3 is 2.74 bits per heavy atom. The molecule has 0 radical (unpaired) electrons. The van der Waals surface area contributed by atoms with Gasteiger partial charge in [-0.1, -0.05) is 12.1 Å². The largest absolute Gasteiger partial charge is 0.379 e. The number of rotatable bonds is 2. The van der Waals surface area contributed by atoms with Crippen molar-refractivity contribution in [2.24, 2.45) is 0 Å². The first-order valence-electron chi connectivity index (χ1n) is 6.44. The van der Waals surface area contributed by atoms with Gasteiger partial charge in [-0.05, 0) is 30.2 Å². The fourth-order valence-corrected chi connectivity index (χ4v) is 4.19. The van der Waals surface area contributed by atoms with Crippen LogP contribution < -0.4 is 0 Å². The number of morpholine rings is 1. The van der Waals surface area contributed by atoms with Crippen LogP contribution in [0.1, 0.15) is 11.1 Å². The van der Waals surface area contributed by atoms with E-state index in [0.717, 1.165) is 24.2 Å². The van der Waals surface area contributed by atoms with Crippen LogP contribution in [0.2, 0.25) is 0 Å². The molecule has 0 spiro atoms. The number of hydrogen-bond donors (Lipinski definition) is 0. The van der Waals surface area contributed by atoms with Crippen molar-refractivity contribution in [2.45, 2.75) is 11.8 Å². The van der Waals surface area contributed by atoms with Gasteiger partial charge in [-0.25, -0.2) is 8.42 Å². The minimum absolute atomic E-state index is 0.454. The predicted molar refractivity (Wildman–Crippen MR) is 73.6 cm³/mol. The number of sulfone groups is 1. The Hall–Kier alpha value is -1.17. The number of ether oxygens (including phenoxy) is 1. The van der Waals surface area contributed by atoms with Crippen molar-refractivity contribution in [3.05, 3.63) is 34.2 Å². The molecule has 1 aromatic rings. The van der Waals surface area contributed by atoms with E-state index >= 15 is 0 Å². The molecule has 1 aromatic carbocycles. The van der Waals surface area contributed by atoms with Crippen LogP contribution in [0.3, 0.4) is 0 Å². The minimum atomic E-state index is -3.29. The second-order valence-corrected chi connectivity index (χ2v) is 7.01. The Bertz CT molecular complexity index is 628. The molecule has 4 nitrogen and oxygen atoms in total. The number of hydrogen-bond acceptors (Lipinski definition) is 4. The first-order valence-corrected chi connectivity index (χ1v) is 7.92. The topological polar surface area (TPSA) is 46.6 Å². The first kappa shape index (κ1) is 12.8. The molecule has 0 bridgehead atoms. The molecular weight excluding hydrogens is 262 g/mol. The summed E-state index contributed by atoms with van der Waals surface area (Å²) in [5.74, 6) is 0. The summed E-state index contributed by atoms with van der Waals surface area (Å²) in [6, 6.07) is 5.59. The van der Waals surface area contributed by atoms with Crippen LogP contribution in [0.5, 0.6) is 0 Å². The summed E-state index contributed by atoms with van der Waals surface area (Å²) in [5, 5.41) is 0. The van der Waals surface area contributed by atoms with Gasteiger partial charge < -0.3 is 4.74 Å². The van der Waals surface area contributed by atoms with Gasteiger partial charge in [0.15, 0.2) is 0 Å². The molecule has 102 valence electrons. The summed E-state index contributed by atoms with van der Waals surface area (Å²) in [6.07, 6.45) is 1.81. The summed E-state index contributed by atoms with van der Waals surface area (Å²) < 4.78 is 30.3. The summed E-state index contributed by atoms with van der Waals surface area (Å²) in [6.45, 7) is 5.35. The maximum Gasteiger partial charge on any atom is 0.204 e. The van der Waals surface area contributed by atoms with Gasteiger partial charge in [0.1, 0.15) is 0 Å². The van der Waals surface area contributed by atoms with Crippen LogP contribution in [-0.2, 0) is 14.6 Å². The van der Waals surface area contributed by atoms with Gasteiger partial charge in [-0.3, -0.25) is 4.90 Å². The zero-order valence-corrected chi connectivity index (χ0v) is 11.7. The summed E-state index contributed by atoms with van der Waals surface area (Å²) >= 11 is 0. The maximum absolute atomic E-state index is 12.5. The Kier molecular flexibility index (Phi) is 3.20. The lowest BCUT2D eigenvalue weighted by Crippen LogP contribution is -2.38. The standard InChI is InChI=1S/C14H17NO3S/c1-11-2-3-12-9-13(19(16,17)14(12)8-11)10-15-4-6-18-7-5-15/h2-3,8-9H,4-7,10H2,1H3. The predicted octanol–water partition coefficient (Wildman–Crippen LogP) is 1.46. The fourth-order valence-electron chi connectivity index (χ4n) is 2.50. The van der Waals surface area contributed by atoms with E-state index < -0.39 is 9.84 Å². The van der Waals surface area contributed by atoms with Crippen molar-refractivity contribution >= 4 is 15.9 Å². The van der Waals surface area contributed by atoms with Crippen LogP contribution in [0.4, 0.5) is 0 Å². The van der Waals surface area contributed by atoms with Crippen LogP contribution in [-0.4, -0.2) is 46.2 Å². The third-order valence-corrected chi connectivity index (χ3v) is 5.47. The molecule has 2 heterocycles. The lowest BCUT2D eigenvalue weighted by Gasteiger charge is -2.26. The Morgan fingerprint density at radius 1 is 1.26 bits per heavy atom. The van der Waals surface area contributed by atoms with Gasteiger partial charge in [-0.15, -0.1) is 0 Å². The van der Waals surface area contributed by atoms with Gasteiger partial charge in [-0.2, -0.15) is 0 Å². The minimum Gasteiger partial charge on any atom is -0.379 e. The van der Waals surface area contributed by atoms with Gasteiger partial charge in [0, 0.05) is 19.6 Å². The molecule has 2 aliphatic heterocycles. The molecule has 0 aromatic heterocycles. The van der Waals surface area contributed by atoms with Gasteiger partial charge in [0.2, 0.25) is 9.84 Å². The highest BCUT2D eigenvalue weighted by molar-refractivity contribution is 7.95. The van der Waals surface area contributed by atoms with E-state index in [1.807, 2.05) is 19.1 Å². The van der Waals surface area contributed by atoms with E-state index in [1.54, 1.807) is 12.1 Å². The highest BCUT2D eigenvalue weighted by atomic mass is 32.2. The van der Waals surface area contributed by atoms with Crippen molar-refractivity contribution in [3.8, 4) is 0 Å². The van der Waals surface area contributed by atoms with Gasteiger partial charge >= 0.3 is 0 Å². The normalized spacial score (nSPS) is 22.1. The molecule has 0 saturated carbocycles. The van der Waals surface area contributed by atoms with Crippen molar-refractivity contribution < 1.29 is 13.2 Å². The molecule has 0 aliphatic carbocycles. The zero-order valence-electron chi connectivity index (χ0n) is 10.9. The molecule has 0 N–H and O–H groups in total. The monoisotopic (exact) mass is 279 g/mol. The SMILES string of the molecule is Cc1ccc2c(c1)S(=O)(=O)C(CN1CCOCC1)=C2. The van der Waals surface area contributed by atoms with Gasteiger partial charge in [0.25, 0.3) is 0 Å². The van der Waals surface area contributed by atoms with E-state index in [-0.39, 0.29) is 0 Å². The molecule has 1 fully saturated rings. The third kappa shape index (κ3) is 2.33. The summed E-state index contributed by atoms with van der Waals surface area (Å²) in [5.41, 5.74) is 1.79. The molecule has 3 rings (SSSR count). The smallest absolute Gasteiger partial charge is 0.204 e. The van der Waals surface area contributed by atoms with Gasteiger partial charge in [0.05, 0.1) is 23.0 Å². The zero-order chi connectivity index (χ0) is 13.5. The summed E-state index contributed by atoms with van der Waals surface area (Å²) in [4.78, 5) is 3.09. The van der Waals surface area contributed by atoms with E-state index in [9.17, 15) is 8.42 Å². The number of aryl methyl sites for hydroxylation is 1. The van der Waals surface area contributed by atoms with Crippen LogP contribution >= 0.6 is 0 Å². The van der Waals surface area contributed by atoms with Crippen LogP contribution in [0.25, 0.3) is 6.08 Å². The molecule has 1 saturated heterocycles. The quantitative estimate of drug-likeness (QED) is 0.822. The number of nitrogens with zero attached hydrogens (tertiary/aromatic N) is 1. The maximum atomic E-state index is 12.5. The van der Waals surface area contributed by atoms with E-state index in [4.69, 9.17) is 4.74 Å². The second-order valence-electron chi connectivity index (χ2n) is 5.04. The fraction of sp³-hybridized carbons (Fsp3) is 0.429. The Morgan fingerprint density at radius 2 is 2.00 bits per heavy atom. The molecule has 0 unspecified atom stereocenters. The average Bonchev–Trinajstić information content (AvgIpc) is 2.63.